The first-order chi connectivity index (χ1) is 9.79. The van der Waals surface area contributed by atoms with Gasteiger partial charge in [0.05, 0.1) is 10.6 Å². The predicted octanol–water partition coefficient (Wildman–Crippen LogP) is 4.10. The highest BCUT2D eigenvalue weighted by molar-refractivity contribution is 7.21. The minimum Gasteiger partial charge on any atom is -0.297 e. The molecule has 2 heterocycles. The molecule has 20 heavy (non-hydrogen) atoms. The number of amides is 1. The van der Waals surface area contributed by atoms with Crippen LogP contribution in [0.3, 0.4) is 0 Å². The van der Waals surface area contributed by atoms with Crippen LogP contribution in [-0.4, -0.2) is 10.9 Å². The van der Waals surface area contributed by atoms with Gasteiger partial charge in [-0.25, -0.2) is 4.98 Å². The summed E-state index contributed by atoms with van der Waals surface area (Å²) in [6.45, 7) is 0. The zero-order chi connectivity index (χ0) is 13.5. The Balaban J connectivity index is 1.60. The van der Waals surface area contributed by atoms with E-state index >= 15 is 0 Å². The van der Waals surface area contributed by atoms with E-state index in [1.165, 1.54) is 28.3 Å². The summed E-state index contributed by atoms with van der Waals surface area (Å²) in [6, 6.07) is 9.99. The number of benzene rings is 1. The summed E-state index contributed by atoms with van der Waals surface area (Å²) in [7, 11) is 0. The Morgan fingerprint density at radius 3 is 2.95 bits per heavy atom. The van der Waals surface area contributed by atoms with E-state index in [0.29, 0.717) is 0 Å². The molecule has 0 fully saturated rings. The van der Waals surface area contributed by atoms with E-state index in [0.717, 1.165) is 32.9 Å². The van der Waals surface area contributed by atoms with E-state index in [1.54, 1.807) is 11.3 Å². The lowest BCUT2D eigenvalue weighted by atomic mass is 10.2. The molecule has 4 rings (SSSR count). The molecule has 0 atom stereocenters. The maximum Gasteiger partial charge on any atom is 0.267 e. The Hall–Kier alpha value is -1.72. The van der Waals surface area contributed by atoms with Gasteiger partial charge in [0.1, 0.15) is 0 Å². The van der Waals surface area contributed by atoms with Crippen molar-refractivity contribution < 1.29 is 4.79 Å². The van der Waals surface area contributed by atoms with E-state index in [4.69, 9.17) is 0 Å². The Morgan fingerprint density at radius 1 is 1.20 bits per heavy atom. The van der Waals surface area contributed by atoms with Gasteiger partial charge in [-0.1, -0.05) is 18.2 Å². The molecule has 0 unspecified atom stereocenters. The first kappa shape index (κ1) is 12.1. The molecule has 1 aliphatic rings. The average Bonchev–Trinajstić information content (AvgIpc) is 3.10. The van der Waals surface area contributed by atoms with Gasteiger partial charge in [0.15, 0.2) is 5.13 Å². The van der Waals surface area contributed by atoms with Gasteiger partial charge < -0.3 is 0 Å². The van der Waals surface area contributed by atoms with Crippen molar-refractivity contribution in [3.8, 4) is 0 Å². The van der Waals surface area contributed by atoms with Crippen molar-refractivity contribution in [3.05, 3.63) is 45.8 Å². The normalized spacial score (nSPS) is 13.6. The first-order valence-corrected chi connectivity index (χ1v) is 8.21. The second kappa shape index (κ2) is 4.68. The second-order valence-corrected chi connectivity index (χ2v) is 7.01. The summed E-state index contributed by atoms with van der Waals surface area (Å²) in [6.07, 6.45) is 3.34. The number of carbonyl (C=O) groups is 1. The lowest BCUT2D eigenvalue weighted by Crippen LogP contribution is -2.09. The number of rotatable bonds is 2. The van der Waals surface area contributed by atoms with Crippen molar-refractivity contribution >= 4 is 43.8 Å². The summed E-state index contributed by atoms with van der Waals surface area (Å²) in [4.78, 5) is 18.8. The number of nitrogens with zero attached hydrogens (tertiary/aromatic N) is 1. The largest absolute Gasteiger partial charge is 0.297 e. The van der Waals surface area contributed by atoms with Crippen LogP contribution in [-0.2, 0) is 12.8 Å². The number of carbonyl (C=O) groups excluding carboxylic acids is 1. The molecule has 5 heteroatoms. The van der Waals surface area contributed by atoms with Gasteiger partial charge in [0.2, 0.25) is 0 Å². The third kappa shape index (κ3) is 2.03. The molecule has 3 nitrogen and oxygen atoms in total. The highest BCUT2D eigenvalue weighted by Crippen LogP contribution is 2.31. The van der Waals surface area contributed by atoms with Crippen LogP contribution in [0.15, 0.2) is 30.3 Å². The van der Waals surface area contributed by atoms with E-state index in [9.17, 15) is 4.79 Å². The van der Waals surface area contributed by atoms with Crippen LogP contribution in [0, 0.1) is 0 Å². The number of hydrogen-bond acceptors (Lipinski definition) is 4. The molecule has 0 aliphatic heterocycles. The lowest BCUT2D eigenvalue weighted by molar-refractivity contribution is 0.103. The second-order valence-electron chi connectivity index (χ2n) is 4.85. The Bertz CT molecular complexity index is 749. The van der Waals surface area contributed by atoms with Crippen molar-refractivity contribution in [3.63, 3.8) is 0 Å². The molecular weight excluding hydrogens is 288 g/mol. The maximum absolute atomic E-state index is 12.3. The number of hydrogen-bond donors (Lipinski definition) is 1. The van der Waals surface area contributed by atoms with Gasteiger partial charge >= 0.3 is 0 Å². The molecule has 1 aliphatic carbocycles. The number of aryl methyl sites for hydroxylation is 2. The highest BCUT2D eigenvalue weighted by atomic mass is 32.1. The average molecular weight is 300 g/mol. The fourth-order valence-electron chi connectivity index (χ4n) is 2.50. The van der Waals surface area contributed by atoms with Crippen molar-refractivity contribution in [2.75, 3.05) is 5.32 Å². The van der Waals surface area contributed by atoms with Gasteiger partial charge in [-0.15, -0.1) is 22.7 Å². The molecule has 0 bridgehead atoms. The zero-order valence-electron chi connectivity index (χ0n) is 10.7. The minimum atomic E-state index is -0.0568. The fraction of sp³-hybridized carbons (Fsp3) is 0.200. The number of fused-ring (bicyclic) bond motifs is 2. The van der Waals surface area contributed by atoms with Crippen LogP contribution in [0.4, 0.5) is 5.13 Å². The van der Waals surface area contributed by atoms with Crippen LogP contribution >= 0.6 is 22.7 Å². The van der Waals surface area contributed by atoms with E-state index in [2.05, 4.69) is 10.3 Å². The maximum atomic E-state index is 12.3. The molecule has 0 saturated carbocycles. The summed E-state index contributed by atoms with van der Waals surface area (Å²) in [5.41, 5.74) is 1.17. The third-order valence-electron chi connectivity index (χ3n) is 3.47. The van der Waals surface area contributed by atoms with Crippen LogP contribution in [0.1, 0.15) is 26.7 Å². The van der Waals surface area contributed by atoms with Crippen LogP contribution in [0.5, 0.6) is 0 Å². The Morgan fingerprint density at radius 2 is 2.10 bits per heavy atom. The molecule has 1 amide bonds. The van der Waals surface area contributed by atoms with E-state index < -0.39 is 0 Å². The summed E-state index contributed by atoms with van der Waals surface area (Å²) >= 11 is 3.13. The quantitative estimate of drug-likeness (QED) is 0.774. The monoisotopic (exact) mass is 300 g/mol. The van der Waals surface area contributed by atoms with Gasteiger partial charge in [-0.2, -0.15) is 0 Å². The summed E-state index contributed by atoms with van der Waals surface area (Å²) in [5.74, 6) is -0.0568. The number of aromatic nitrogens is 1. The zero-order valence-corrected chi connectivity index (χ0v) is 12.3. The standard InChI is InChI=1S/C15H12N2OS2/c18-14(13-8-9-4-1-2-6-11(9)19-13)17-15-16-10-5-3-7-12(10)20-15/h1-2,4,6,8H,3,5,7H2,(H,16,17,18). The predicted molar refractivity (Wildman–Crippen MR) is 83.9 cm³/mol. The van der Waals surface area contributed by atoms with Crippen molar-refractivity contribution in [1.82, 2.24) is 4.98 Å². The number of anilines is 1. The minimum absolute atomic E-state index is 0.0568. The third-order valence-corrected chi connectivity index (χ3v) is 5.65. The molecule has 0 spiro atoms. The van der Waals surface area contributed by atoms with Gasteiger partial charge in [0.25, 0.3) is 5.91 Å². The molecule has 1 aromatic carbocycles. The lowest BCUT2D eigenvalue weighted by Gasteiger charge is -1.98. The van der Waals surface area contributed by atoms with Crippen LogP contribution in [0.2, 0.25) is 0 Å². The van der Waals surface area contributed by atoms with Gasteiger partial charge in [-0.05, 0) is 36.8 Å². The first-order valence-electron chi connectivity index (χ1n) is 6.58. The number of thiophene rings is 1. The molecule has 3 aromatic rings. The van der Waals surface area contributed by atoms with Crippen molar-refractivity contribution in [2.45, 2.75) is 19.3 Å². The van der Waals surface area contributed by atoms with Gasteiger partial charge in [-0.3, -0.25) is 10.1 Å². The van der Waals surface area contributed by atoms with E-state index in [-0.39, 0.29) is 5.91 Å². The number of thiazole rings is 1. The molecular formula is C15H12N2OS2. The molecule has 0 radical (unpaired) electrons. The van der Waals surface area contributed by atoms with Crippen LogP contribution in [0.25, 0.3) is 10.1 Å². The highest BCUT2D eigenvalue weighted by Gasteiger charge is 2.18. The smallest absolute Gasteiger partial charge is 0.267 e. The fourth-order valence-corrected chi connectivity index (χ4v) is 4.50. The molecule has 1 N–H and O–H groups in total. The topological polar surface area (TPSA) is 42.0 Å². The molecule has 100 valence electrons. The van der Waals surface area contributed by atoms with Crippen molar-refractivity contribution in [2.24, 2.45) is 0 Å². The number of nitrogens with one attached hydrogen (secondary N) is 1. The Kier molecular flexibility index (Phi) is 2.82. The molecule has 0 saturated heterocycles. The Labute approximate surface area is 124 Å². The van der Waals surface area contributed by atoms with Crippen LogP contribution < -0.4 is 5.32 Å². The molecule has 2 aromatic heterocycles. The van der Waals surface area contributed by atoms with E-state index in [1.807, 2.05) is 30.3 Å². The summed E-state index contributed by atoms with van der Waals surface area (Å²) < 4.78 is 1.14. The van der Waals surface area contributed by atoms with Gasteiger partial charge in [0, 0.05) is 9.58 Å². The van der Waals surface area contributed by atoms with Crippen molar-refractivity contribution in [1.29, 1.82) is 0 Å². The SMILES string of the molecule is O=C(Nc1nc2c(s1)CCC2)c1cc2ccccc2s1. The summed E-state index contributed by atoms with van der Waals surface area (Å²) in [5, 5.41) is 4.78.